The highest BCUT2D eigenvalue weighted by molar-refractivity contribution is 9.10. The predicted molar refractivity (Wildman–Crippen MR) is 117 cm³/mol. The van der Waals surface area contributed by atoms with Gasteiger partial charge in [0.1, 0.15) is 6.17 Å². The number of benzene rings is 1. The van der Waals surface area contributed by atoms with Crippen molar-refractivity contribution in [2.24, 2.45) is 5.92 Å². The van der Waals surface area contributed by atoms with Gasteiger partial charge in [-0.2, -0.15) is 0 Å². The lowest BCUT2D eigenvalue weighted by atomic mass is 9.89. The minimum absolute atomic E-state index is 0.168. The summed E-state index contributed by atoms with van der Waals surface area (Å²) in [4.78, 5) is 19.8. The van der Waals surface area contributed by atoms with Gasteiger partial charge >= 0.3 is 0 Å². The van der Waals surface area contributed by atoms with Gasteiger partial charge in [0.2, 0.25) is 0 Å². The van der Waals surface area contributed by atoms with E-state index in [1.165, 1.54) is 0 Å². The monoisotopic (exact) mass is 459 g/mol. The zero-order chi connectivity index (χ0) is 20.0. The maximum absolute atomic E-state index is 13.6. The third-order valence-electron chi connectivity index (χ3n) is 6.77. The van der Waals surface area contributed by atoms with Gasteiger partial charge in [0, 0.05) is 47.1 Å². The first-order chi connectivity index (χ1) is 14.1. The number of likely N-dealkylation sites (tertiary alicyclic amines) is 1. The molecule has 0 bridgehead atoms. The zero-order valence-corrected chi connectivity index (χ0v) is 18.1. The van der Waals surface area contributed by atoms with Crippen LogP contribution in [0.25, 0.3) is 10.9 Å². The van der Waals surface area contributed by atoms with E-state index in [-0.39, 0.29) is 11.7 Å². The van der Waals surface area contributed by atoms with E-state index in [9.17, 15) is 9.18 Å². The minimum Gasteiger partial charge on any atom is -0.381 e. The third kappa shape index (κ3) is 4.06. The summed E-state index contributed by atoms with van der Waals surface area (Å²) in [5.74, 6) is 0.392. The van der Waals surface area contributed by atoms with Crippen LogP contribution >= 0.6 is 15.9 Å². The lowest BCUT2D eigenvalue weighted by Gasteiger charge is -2.35. The summed E-state index contributed by atoms with van der Waals surface area (Å²) >= 11 is 3.57. The number of nitrogens with one attached hydrogen (secondary N) is 1. The van der Waals surface area contributed by atoms with Crippen LogP contribution in [-0.4, -0.2) is 47.0 Å². The number of hydrogen-bond donors (Lipinski definition) is 1. The van der Waals surface area contributed by atoms with Crippen LogP contribution in [0.4, 0.5) is 10.1 Å². The highest BCUT2D eigenvalue weighted by atomic mass is 79.9. The van der Waals surface area contributed by atoms with Crippen LogP contribution in [0.5, 0.6) is 0 Å². The topological polar surface area (TPSA) is 45.2 Å². The first-order valence-electron chi connectivity index (χ1n) is 10.9. The second-order valence-corrected chi connectivity index (χ2v) is 9.79. The van der Waals surface area contributed by atoms with Gasteiger partial charge in [0.05, 0.1) is 16.8 Å². The number of aromatic nitrogens is 1. The molecular formula is C23H27BrFN3O. The molecule has 3 aliphatic rings. The molecule has 2 heterocycles. The number of pyridine rings is 1. The van der Waals surface area contributed by atoms with Crippen molar-refractivity contribution in [2.75, 3.05) is 18.4 Å². The fourth-order valence-electron chi connectivity index (χ4n) is 4.94. The number of ketones is 1. The fourth-order valence-corrected chi connectivity index (χ4v) is 5.30. The van der Waals surface area contributed by atoms with Crippen molar-refractivity contribution in [1.29, 1.82) is 0 Å². The van der Waals surface area contributed by atoms with E-state index in [1.54, 1.807) is 6.20 Å². The van der Waals surface area contributed by atoms with Gasteiger partial charge in [0.15, 0.2) is 5.78 Å². The molecule has 1 N–H and O–H groups in total. The molecule has 29 heavy (non-hydrogen) atoms. The van der Waals surface area contributed by atoms with Gasteiger partial charge in [-0.25, -0.2) is 4.39 Å². The molecule has 2 aromatic rings. The number of fused-ring (bicyclic) bond motifs is 1. The Morgan fingerprint density at radius 3 is 2.62 bits per heavy atom. The Bertz CT molecular complexity index is 924. The predicted octanol–water partition coefficient (Wildman–Crippen LogP) is 5.36. The number of hydrogen-bond acceptors (Lipinski definition) is 4. The van der Waals surface area contributed by atoms with Crippen LogP contribution in [0, 0.1) is 5.92 Å². The molecule has 2 aliphatic carbocycles. The number of anilines is 1. The molecule has 6 heteroatoms. The standard InChI is InChI=1S/C23H27BrFN3O/c24-15-3-8-21-19(11-15)22(20(12-26-21)23(29)14-1-2-14)27-17-4-6-18(7-5-17)28-10-9-16(25)13-28/h3,8,11-12,14,16-18H,1-2,4-7,9-10,13H2,(H,26,27). The van der Waals surface area contributed by atoms with Gasteiger partial charge in [-0.3, -0.25) is 14.7 Å². The Morgan fingerprint density at radius 2 is 1.93 bits per heavy atom. The van der Waals surface area contributed by atoms with Gasteiger partial charge in [0.25, 0.3) is 0 Å². The van der Waals surface area contributed by atoms with Crippen LogP contribution in [0.15, 0.2) is 28.9 Å². The number of Topliss-reactive ketones (excluding diaryl/α,β-unsaturated/α-hetero) is 1. The van der Waals surface area contributed by atoms with E-state index in [2.05, 4.69) is 37.2 Å². The Hall–Kier alpha value is -1.53. The third-order valence-corrected chi connectivity index (χ3v) is 7.26. The second-order valence-electron chi connectivity index (χ2n) is 8.88. The van der Waals surface area contributed by atoms with E-state index in [0.29, 0.717) is 25.0 Å². The molecule has 0 spiro atoms. The van der Waals surface area contributed by atoms with Crippen LogP contribution in [-0.2, 0) is 0 Å². The maximum Gasteiger partial charge on any atom is 0.169 e. The van der Waals surface area contributed by atoms with Crippen LogP contribution in [0.3, 0.4) is 0 Å². The van der Waals surface area contributed by atoms with E-state index in [0.717, 1.165) is 71.7 Å². The number of nitrogens with zero attached hydrogens (tertiary/aromatic N) is 2. The average Bonchev–Trinajstić information content (AvgIpc) is 3.49. The molecule has 154 valence electrons. The van der Waals surface area contributed by atoms with Crippen LogP contribution < -0.4 is 5.32 Å². The van der Waals surface area contributed by atoms with Crippen molar-refractivity contribution in [1.82, 2.24) is 9.88 Å². The molecule has 2 saturated carbocycles. The molecule has 1 aromatic heterocycles. The van der Waals surface area contributed by atoms with Crippen molar-refractivity contribution in [2.45, 2.75) is 63.2 Å². The highest BCUT2D eigenvalue weighted by Gasteiger charge is 2.34. The van der Waals surface area contributed by atoms with E-state index >= 15 is 0 Å². The Morgan fingerprint density at radius 1 is 1.14 bits per heavy atom. The van der Waals surface area contributed by atoms with Gasteiger partial charge in [-0.1, -0.05) is 15.9 Å². The fraction of sp³-hybridized carbons (Fsp3) is 0.565. The van der Waals surface area contributed by atoms with E-state index in [1.807, 2.05) is 12.1 Å². The summed E-state index contributed by atoms with van der Waals surface area (Å²) in [7, 11) is 0. The van der Waals surface area contributed by atoms with Crippen molar-refractivity contribution in [3.05, 3.63) is 34.4 Å². The molecule has 5 rings (SSSR count). The van der Waals surface area contributed by atoms with Gasteiger partial charge in [-0.15, -0.1) is 0 Å². The Balaban J connectivity index is 1.37. The smallest absolute Gasteiger partial charge is 0.169 e. The van der Waals surface area contributed by atoms with Crippen molar-refractivity contribution >= 4 is 38.3 Å². The highest BCUT2D eigenvalue weighted by Crippen LogP contribution is 2.38. The summed E-state index contributed by atoms with van der Waals surface area (Å²) in [6.07, 6.45) is 8.05. The normalized spacial score (nSPS) is 28.0. The summed E-state index contributed by atoms with van der Waals surface area (Å²) in [6.45, 7) is 1.50. The molecule has 1 unspecified atom stereocenters. The molecule has 3 fully saturated rings. The molecule has 1 aromatic carbocycles. The first kappa shape index (κ1) is 19.4. The molecule has 1 atom stereocenters. The number of alkyl halides is 1. The van der Waals surface area contributed by atoms with Crippen LogP contribution in [0.1, 0.15) is 55.3 Å². The Kier molecular flexibility index (Phi) is 5.33. The van der Waals surface area contributed by atoms with Crippen molar-refractivity contribution in [3.63, 3.8) is 0 Å². The van der Waals surface area contributed by atoms with Crippen molar-refractivity contribution in [3.8, 4) is 0 Å². The summed E-state index contributed by atoms with van der Waals surface area (Å²) < 4.78 is 14.6. The Labute approximate surface area is 179 Å². The van der Waals surface area contributed by atoms with Crippen molar-refractivity contribution < 1.29 is 9.18 Å². The van der Waals surface area contributed by atoms with E-state index < -0.39 is 6.17 Å². The molecule has 0 radical (unpaired) electrons. The van der Waals surface area contributed by atoms with Gasteiger partial charge in [-0.05, 0) is 63.1 Å². The number of carbonyl (C=O) groups excluding carboxylic acids is 1. The summed E-state index contributed by atoms with van der Waals surface area (Å²) in [5.41, 5.74) is 2.59. The molecule has 1 aliphatic heterocycles. The lowest BCUT2D eigenvalue weighted by molar-refractivity contribution is 0.0968. The number of carbonyl (C=O) groups is 1. The second kappa shape index (κ2) is 7.95. The molecule has 1 saturated heterocycles. The van der Waals surface area contributed by atoms with Gasteiger partial charge < -0.3 is 5.32 Å². The SMILES string of the molecule is O=C(c1cnc2ccc(Br)cc2c1NC1CCC(N2CCC(F)C2)CC1)C1CC1. The lowest BCUT2D eigenvalue weighted by Crippen LogP contribution is -2.39. The number of rotatable bonds is 5. The maximum atomic E-state index is 13.6. The quantitative estimate of drug-likeness (QED) is 0.611. The molecule has 0 amide bonds. The van der Waals surface area contributed by atoms with Crippen LogP contribution in [0.2, 0.25) is 0 Å². The first-order valence-corrected chi connectivity index (χ1v) is 11.6. The largest absolute Gasteiger partial charge is 0.381 e. The molecule has 4 nitrogen and oxygen atoms in total. The zero-order valence-electron chi connectivity index (χ0n) is 16.5. The summed E-state index contributed by atoms with van der Waals surface area (Å²) in [6, 6.07) is 6.88. The number of halogens is 2. The van der Waals surface area contributed by atoms with E-state index in [4.69, 9.17) is 0 Å². The minimum atomic E-state index is -0.650. The molecular weight excluding hydrogens is 433 g/mol. The average molecular weight is 460 g/mol. The summed E-state index contributed by atoms with van der Waals surface area (Å²) in [5, 5.41) is 4.74.